The number of carbonyl (C=O) groups excluding carboxylic acids is 1. The Morgan fingerprint density at radius 2 is 1.82 bits per heavy atom. The largest absolute Gasteiger partial charge is 0.493 e. The molecule has 0 aliphatic carbocycles. The molecule has 1 amide bonds. The van der Waals surface area contributed by atoms with Gasteiger partial charge in [0.1, 0.15) is 11.4 Å². The quantitative estimate of drug-likeness (QED) is 0.734. The maximum atomic E-state index is 13.6. The average molecular weight is 384 g/mol. The summed E-state index contributed by atoms with van der Waals surface area (Å²) in [6, 6.07) is 8.86. The van der Waals surface area contributed by atoms with Crippen LogP contribution in [0.15, 0.2) is 47.4 Å². The van der Waals surface area contributed by atoms with E-state index in [0.29, 0.717) is 17.0 Å². The zero-order valence-corrected chi connectivity index (χ0v) is 16.1. The van der Waals surface area contributed by atoms with Crippen molar-refractivity contribution in [3.05, 3.63) is 69.8 Å². The lowest BCUT2D eigenvalue weighted by atomic mass is 10.1. The Hall–Kier alpha value is -3.35. The van der Waals surface area contributed by atoms with E-state index in [-0.39, 0.29) is 17.0 Å². The molecule has 1 N–H and O–H groups in total. The van der Waals surface area contributed by atoms with Crippen molar-refractivity contribution in [1.29, 1.82) is 0 Å². The van der Waals surface area contributed by atoms with Crippen molar-refractivity contribution in [2.75, 3.05) is 14.2 Å². The summed E-state index contributed by atoms with van der Waals surface area (Å²) in [6.45, 7) is 1.80. The van der Waals surface area contributed by atoms with Gasteiger partial charge in [0.25, 0.3) is 5.91 Å². The van der Waals surface area contributed by atoms with Gasteiger partial charge in [-0.15, -0.1) is 0 Å². The van der Waals surface area contributed by atoms with E-state index >= 15 is 0 Å². The number of hydrogen-bond acceptors (Lipinski definition) is 4. The summed E-state index contributed by atoms with van der Waals surface area (Å²) in [6.07, 6.45) is 1.46. The number of ether oxygens (including phenoxy) is 2. The van der Waals surface area contributed by atoms with E-state index in [1.807, 2.05) is 0 Å². The molecule has 0 radical (unpaired) electrons. The molecule has 7 heteroatoms. The van der Waals surface area contributed by atoms with Gasteiger partial charge in [0.15, 0.2) is 11.5 Å². The Bertz CT molecular complexity index is 1110. The Kier molecular flexibility index (Phi) is 5.35. The molecular formula is C21H21FN2O4. The number of nitrogens with one attached hydrogen (secondary N) is 1. The minimum Gasteiger partial charge on any atom is -0.493 e. The SMILES string of the molecule is COc1ccc(C(C)NC(=O)c2cn(C)c3ccc(F)cc3c2=O)cc1OC. The molecule has 2 aromatic carbocycles. The molecular weight excluding hydrogens is 363 g/mol. The highest BCUT2D eigenvalue weighted by atomic mass is 19.1. The molecule has 0 aliphatic rings. The van der Waals surface area contributed by atoms with E-state index in [4.69, 9.17) is 9.47 Å². The van der Waals surface area contributed by atoms with Gasteiger partial charge in [0.2, 0.25) is 5.43 Å². The molecule has 6 nitrogen and oxygen atoms in total. The number of hydrogen-bond donors (Lipinski definition) is 1. The van der Waals surface area contributed by atoms with Crippen molar-refractivity contribution in [3.8, 4) is 11.5 Å². The summed E-state index contributed by atoms with van der Waals surface area (Å²) in [7, 11) is 4.78. The van der Waals surface area contributed by atoms with Gasteiger partial charge in [-0.3, -0.25) is 9.59 Å². The second kappa shape index (κ2) is 7.72. The molecule has 0 bridgehead atoms. The normalized spacial score (nSPS) is 11.9. The van der Waals surface area contributed by atoms with Crippen molar-refractivity contribution in [2.24, 2.45) is 7.05 Å². The number of carbonyl (C=O) groups is 1. The summed E-state index contributed by atoms with van der Waals surface area (Å²) >= 11 is 0. The van der Waals surface area contributed by atoms with Gasteiger partial charge in [-0.1, -0.05) is 6.07 Å². The van der Waals surface area contributed by atoms with Crippen LogP contribution < -0.4 is 20.2 Å². The summed E-state index contributed by atoms with van der Waals surface area (Å²) in [4.78, 5) is 25.4. The highest BCUT2D eigenvalue weighted by Crippen LogP contribution is 2.30. The first-order valence-corrected chi connectivity index (χ1v) is 8.67. The topological polar surface area (TPSA) is 69.6 Å². The molecule has 0 saturated heterocycles. The molecule has 1 heterocycles. The number of methoxy groups -OCH3 is 2. The third-order valence-electron chi connectivity index (χ3n) is 4.65. The summed E-state index contributed by atoms with van der Waals surface area (Å²) in [5, 5.41) is 2.97. The summed E-state index contributed by atoms with van der Waals surface area (Å²) < 4.78 is 25.7. The van der Waals surface area contributed by atoms with Gasteiger partial charge >= 0.3 is 0 Å². The Balaban J connectivity index is 1.93. The third-order valence-corrected chi connectivity index (χ3v) is 4.65. The maximum absolute atomic E-state index is 13.6. The van der Waals surface area contributed by atoms with Crippen molar-refractivity contribution in [2.45, 2.75) is 13.0 Å². The van der Waals surface area contributed by atoms with Crippen molar-refractivity contribution >= 4 is 16.8 Å². The van der Waals surface area contributed by atoms with E-state index in [1.54, 1.807) is 43.8 Å². The summed E-state index contributed by atoms with van der Waals surface area (Å²) in [5.74, 6) is 0.0586. The standard InChI is InChI=1S/C21H21FN2O4/c1-12(13-5-8-18(27-3)19(9-13)28-4)23-21(26)16-11-24(2)17-7-6-14(22)10-15(17)20(16)25/h5-12H,1-4H3,(H,23,26). The highest BCUT2D eigenvalue weighted by Gasteiger charge is 2.18. The molecule has 3 aromatic rings. The van der Waals surface area contributed by atoms with Gasteiger partial charge in [0.05, 0.1) is 25.8 Å². The molecule has 1 unspecified atom stereocenters. The van der Waals surface area contributed by atoms with Crippen LogP contribution in [-0.2, 0) is 7.05 Å². The zero-order valence-electron chi connectivity index (χ0n) is 16.1. The number of aryl methyl sites for hydroxylation is 1. The van der Waals surface area contributed by atoms with E-state index in [9.17, 15) is 14.0 Å². The Morgan fingerprint density at radius 1 is 1.11 bits per heavy atom. The lowest BCUT2D eigenvalue weighted by molar-refractivity contribution is 0.0938. The second-order valence-corrected chi connectivity index (χ2v) is 6.45. The van der Waals surface area contributed by atoms with Crippen LogP contribution in [0.1, 0.15) is 28.9 Å². The van der Waals surface area contributed by atoms with E-state index in [1.165, 1.54) is 25.4 Å². The van der Waals surface area contributed by atoms with Gasteiger partial charge in [0, 0.05) is 18.6 Å². The lowest BCUT2D eigenvalue weighted by Crippen LogP contribution is -2.31. The van der Waals surface area contributed by atoms with Crippen molar-refractivity contribution < 1.29 is 18.7 Å². The van der Waals surface area contributed by atoms with Crippen LogP contribution in [0.4, 0.5) is 4.39 Å². The van der Waals surface area contributed by atoms with E-state index in [0.717, 1.165) is 11.6 Å². The first-order chi connectivity index (χ1) is 13.3. The number of amides is 1. The van der Waals surface area contributed by atoms with Gasteiger partial charge in [-0.05, 0) is 42.8 Å². The lowest BCUT2D eigenvalue weighted by Gasteiger charge is -2.17. The number of benzene rings is 2. The molecule has 0 saturated carbocycles. The third kappa shape index (κ3) is 3.55. The Labute approximate surface area is 161 Å². The molecule has 0 spiro atoms. The van der Waals surface area contributed by atoms with Crippen molar-refractivity contribution in [3.63, 3.8) is 0 Å². The monoisotopic (exact) mass is 384 g/mol. The van der Waals surface area contributed by atoms with Crippen LogP contribution in [0.25, 0.3) is 10.9 Å². The van der Waals surface area contributed by atoms with Crippen LogP contribution in [0.5, 0.6) is 11.5 Å². The second-order valence-electron chi connectivity index (χ2n) is 6.45. The number of pyridine rings is 1. The number of halogens is 1. The van der Waals surface area contributed by atoms with Gasteiger partial charge < -0.3 is 19.4 Å². The smallest absolute Gasteiger partial charge is 0.257 e. The molecule has 28 heavy (non-hydrogen) atoms. The molecule has 0 fully saturated rings. The molecule has 0 aliphatic heterocycles. The molecule has 146 valence electrons. The fourth-order valence-electron chi connectivity index (χ4n) is 3.11. The van der Waals surface area contributed by atoms with Crippen LogP contribution in [0.3, 0.4) is 0 Å². The predicted octanol–water partition coefficient (Wildman–Crippen LogP) is 3.19. The Morgan fingerprint density at radius 3 is 2.50 bits per heavy atom. The van der Waals surface area contributed by atoms with E-state index in [2.05, 4.69) is 5.32 Å². The fourth-order valence-corrected chi connectivity index (χ4v) is 3.11. The zero-order chi connectivity index (χ0) is 20.4. The molecule has 3 rings (SSSR count). The maximum Gasteiger partial charge on any atom is 0.257 e. The minimum absolute atomic E-state index is 0.0482. The summed E-state index contributed by atoms with van der Waals surface area (Å²) in [5.41, 5.74) is 0.781. The highest BCUT2D eigenvalue weighted by molar-refractivity contribution is 5.97. The van der Waals surface area contributed by atoms with Crippen LogP contribution in [0.2, 0.25) is 0 Å². The number of fused-ring (bicyclic) bond motifs is 1. The predicted molar refractivity (Wildman–Crippen MR) is 105 cm³/mol. The van der Waals surface area contributed by atoms with Crippen LogP contribution in [-0.4, -0.2) is 24.7 Å². The number of rotatable bonds is 5. The minimum atomic E-state index is -0.533. The van der Waals surface area contributed by atoms with Crippen LogP contribution in [0, 0.1) is 5.82 Å². The first kappa shape index (κ1) is 19.4. The molecule has 1 atom stereocenters. The van der Waals surface area contributed by atoms with Gasteiger partial charge in [-0.25, -0.2) is 4.39 Å². The van der Waals surface area contributed by atoms with E-state index < -0.39 is 17.2 Å². The molecule has 1 aromatic heterocycles. The fraction of sp³-hybridized carbons (Fsp3) is 0.238. The van der Waals surface area contributed by atoms with Crippen molar-refractivity contribution in [1.82, 2.24) is 9.88 Å². The van der Waals surface area contributed by atoms with Crippen LogP contribution >= 0.6 is 0 Å². The average Bonchev–Trinajstić information content (AvgIpc) is 2.69. The number of nitrogens with zero attached hydrogens (tertiary/aromatic N) is 1. The number of aromatic nitrogens is 1. The van der Waals surface area contributed by atoms with Gasteiger partial charge in [-0.2, -0.15) is 0 Å². The first-order valence-electron chi connectivity index (χ1n) is 8.67.